The first-order valence-corrected chi connectivity index (χ1v) is 8.74. The van der Waals surface area contributed by atoms with Gasteiger partial charge in [0.05, 0.1) is 6.04 Å². The Labute approximate surface area is 136 Å². The minimum absolute atomic E-state index is 0.133. The predicted octanol–water partition coefficient (Wildman–Crippen LogP) is 2.12. The summed E-state index contributed by atoms with van der Waals surface area (Å²) in [6, 6.07) is 6.18. The number of fused-ring (bicyclic) bond motifs is 1. The van der Waals surface area contributed by atoms with Crippen LogP contribution in [0.1, 0.15) is 37.3 Å². The number of para-hydroxylation sites is 1. The molecule has 0 aromatic heterocycles. The van der Waals surface area contributed by atoms with Gasteiger partial charge in [-0.25, -0.2) is 0 Å². The second-order valence-corrected chi connectivity index (χ2v) is 6.59. The van der Waals surface area contributed by atoms with Gasteiger partial charge in [-0.2, -0.15) is 0 Å². The molecule has 1 aromatic carbocycles. The summed E-state index contributed by atoms with van der Waals surface area (Å²) in [5.41, 5.74) is 1.11. The quantitative estimate of drug-likeness (QED) is 0.908. The summed E-state index contributed by atoms with van der Waals surface area (Å²) in [5, 5.41) is 3.34. The Balaban J connectivity index is 1.59. The van der Waals surface area contributed by atoms with Crippen LogP contribution in [0, 0.1) is 5.92 Å². The molecule has 0 bridgehead atoms. The van der Waals surface area contributed by atoms with Gasteiger partial charge in [-0.15, -0.1) is 0 Å². The molecule has 0 aliphatic carbocycles. The zero-order chi connectivity index (χ0) is 15.6. The van der Waals surface area contributed by atoms with Gasteiger partial charge in [-0.1, -0.05) is 12.1 Å². The van der Waals surface area contributed by atoms with E-state index in [9.17, 15) is 4.79 Å². The van der Waals surface area contributed by atoms with Crippen LogP contribution in [0.5, 0.6) is 11.5 Å². The Morgan fingerprint density at radius 1 is 1.13 bits per heavy atom. The van der Waals surface area contributed by atoms with Gasteiger partial charge in [0.2, 0.25) is 5.91 Å². The monoisotopic (exact) mass is 316 g/mol. The smallest absolute Gasteiger partial charge is 0.226 e. The summed E-state index contributed by atoms with van der Waals surface area (Å²) < 4.78 is 11.6. The third-order valence-electron chi connectivity index (χ3n) is 5.18. The van der Waals surface area contributed by atoms with Crippen molar-refractivity contribution in [2.45, 2.75) is 31.7 Å². The van der Waals surface area contributed by atoms with Gasteiger partial charge in [0.25, 0.3) is 0 Å². The van der Waals surface area contributed by atoms with Gasteiger partial charge in [0, 0.05) is 18.0 Å². The lowest BCUT2D eigenvalue weighted by Gasteiger charge is -2.32. The van der Waals surface area contributed by atoms with Crippen LogP contribution in [-0.2, 0) is 4.79 Å². The van der Waals surface area contributed by atoms with Crippen molar-refractivity contribution >= 4 is 5.91 Å². The van der Waals surface area contributed by atoms with Crippen molar-refractivity contribution in [3.05, 3.63) is 23.8 Å². The standard InChI is InChI=1S/C18H24N2O3/c21-18(13-6-8-19-9-7-13)20-10-2-4-15(20)14-3-1-5-16-17(14)23-12-11-22-16/h1,3,5,13,15,19H,2,4,6-12H2. The number of hydrogen-bond acceptors (Lipinski definition) is 4. The maximum absolute atomic E-state index is 13.0. The van der Waals surface area contributed by atoms with Crippen molar-refractivity contribution in [2.75, 3.05) is 32.8 Å². The molecule has 3 heterocycles. The first-order valence-electron chi connectivity index (χ1n) is 8.74. The fraction of sp³-hybridized carbons (Fsp3) is 0.611. The normalized spacial score (nSPS) is 24.7. The summed E-state index contributed by atoms with van der Waals surface area (Å²) in [5.74, 6) is 2.15. The van der Waals surface area contributed by atoms with Crippen molar-refractivity contribution in [1.82, 2.24) is 10.2 Å². The molecule has 0 radical (unpaired) electrons. The molecule has 1 N–H and O–H groups in total. The van der Waals surface area contributed by atoms with Crippen LogP contribution in [0.25, 0.3) is 0 Å². The Morgan fingerprint density at radius 2 is 1.96 bits per heavy atom. The summed E-state index contributed by atoms with van der Waals surface area (Å²) in [4.78, 5) is 15.1. The number of nitrogens with one attached hydrogen (secondary N) is 1. The van der Waals surface area contributed by atoms with E-state index in [2.05, 4.69) is 16.3 Å². The number of piperidine rings is 1. The summed E-state index contributed by atoms with van der Waals surface area (Å²) >= 11 is 0. The molecule has 4 rings (SSSR count). The molecule has 1 amide bonds. The van der Waals surface area contributed by atoms with Gasteiger partial charge in [-0.05, 0) is 44.8 Å². The molecule has 1 atom stereocenters. The van der Waals surface area contributed by atoms with Crippen molar-refractivity contribution < 1.29 is 14.3 Å². The van der Waals surface area contributed by atoms with Gasteiger partial charge >= 0.3 is 0 Å². The predicted molar refractivity (Wildman–Crippen MR) is 86.7 cm³/mol. The first kappa shape index (κ1) is 14.8. The average molecular weight is 316 g/mol. The maximum Gasteiger partial charge on any atom is 0.226 e. The summed E-state index contributed by atoms with van der Waals surface area (Å²) in [6.07, 6.45) is 3.98. The number of amides is 1. The molecule has 23 heavy (non-hydrogen) atoms. The number of carbonyl (C=O) groups is 1. The molecule has 5 heteroatoms. The highest BCUT2D eigenvalue weighted by Gasteiger charge is 2.36. The van der Waals surface area contributed by atoms with Crippen LogP contribution < -0.4 is 14.8 Å². The fourth-order valence-electron chi connectivity index (χ4n) is 4.02. The summed E-state index contributed by atoms with van der Waals surface area (Å²) in [6.45, 7) is 3.94. The molecule has 2 fully saturated rings. The molecule has 5 nitrogen and oxygen atoms in total. The largest absolute Gasteiger partial charge is 0.486 e. The van der Waals surface area contributed by atoms with Crippen LogP contribution in [-0.4, -0.2) is 43.7 Å². The molecule has 0 spiro atoms. The molecule has 124 valence electrons. The average Bonchev–Trinajstić information content (AvgIpc) is 3.11. The van der Waals surface area contributed by atoms with Crippen molar-refractivity contribution in [3.8, 4) is 11.5 Å². The van der Waals surface area contributed by atoms with Crippen LogP contribution >= 0.6 is 0 Å². The van der Waals surface area contributed by atoms with Gasteiger partial charge < -0.3 is 19.7 Å². The molecule has 0 saturated carbocycles. The van der Waals surface area contributed by atoms with E-state index in [1.807, 2.05) is 12.1 Å². The van der Waals surface area contributed by atoms with Crippen LogP contribution in [0.4, 0.5) is 0 Å². The Kier molecular flexibility index (Phi) is 4.12. The number of likely N-dealkylation sites (tertiary alicyclic amines) is 1. The minimum Gasteiger partial charge on any atom is -0.486 e. The topological polar surface area (TPSA) is 50.8 Å². The van der Waals surface area contributed by atoms with Gasteiger partial charge in [0.1, 0.15) is 13.2 Å². The molecular formula is C18H24N2O3. The van der Waals surface area contributed by atoms with E-state index in [0.29, 0.717) is 19.1 Å². The second-order valence-electron chi connectivity index (χ2n) is 6.59. The van der Waals surface area contributed by atoms with Gasteiger partial charge in [0.15, 0.2) is 11.5 Å². The highest BCUT2D eigenvalue weighted by atomic mass is 16.6. The highest BCUT2D eigenvalue weighted by Crippen LogP contribution is 2.43. The third-order valence-corrected chi connectivity index (χ3v) is 5.18. The fourth-order valence-corrected chi connectivity index (χ4v) is 4.02. The van der Waals surface area contributed by atoms with E-state index in [1.165, 1.54) is 0 Å². The zero-order valence-electron chi connectivity index (χ0n) is 13.4. The Hall–Kier alpha value is -1.75. The van der Waals surface area contributed by atoms with E-state index in [4.69, 9.17) is 9.47 Å². The number of nitrogens with zero attached hydrogens (tertiary/aromatic N) is 1. The first-order chi connectivity index (χ1) is 11.3. The number of benzene rings is 1. The Bertz CT molecular complexity index is 584. The maximum atomic E-state index is 13.0. The lowest BCUT2D eigenvalue weighted by molar-refractivity contribution is -0.137. The minimum atomic E-state index is 0.133. The van der Waals surface area contributed by atoms with Crippen LogP contribution in [0.2, 0.25) is 0 Å². The van der Waals surface area contributed by atoms with Gasteiger partial charge in [-0.3, -0.25) is 4.79 Å². The van der Waals surface area contributed by atoms with Crippen LogP contribution in [0.3, 0.4) is 0 Å². The van der Waals surface area contributed by atoms with E-state index in [0.717, 1.165) is 62.4 Å². The highest BCUT2D eigenvalue weighted by molar-refractivity contribution is 5.80. The number of hydrogen-bond donors (Lipinski definition) is 1. The lowest BCUT2D eigenvalue weighted by atomic mass is 9.95. The van der Waals surface area contributed by atoms with Crippen molar-refractivity contribution in [1.29, 1.82) is 0 Å². The Morgan fingerprint density at radius 3 is 2.83 bits per heavy atom. The third kappa shape index (κ3) is 2.78. The molecule has 1 aromatic rings. The lowest BCUT2D eigenvalue weighted by Crippen LogP contribution is -2.40. The zero-order valence-corrected chi connectivity index (χ0v) is 13.4. The van der Waals surface area contributed by atoms with E-state index in [1.54, 1.807) is 0 Å². The van der Waals surface area contributed by atoms with Crippen molar-refractivity contribution in [3.63, 3.8) is 0 Å². The van der Waals surface area contributed by atoms with Crippen molar-refractivity contribution in [2.24, 2.45) is 5.92 Å². The number of ether oxygens (including phenoxy) is 2. The number of rotatable bonds is 2. The second kappa shape index (κ2) is 6.40. The number of carbonyl (C=O) groups excluding carboxylic acids is 1. The molecule has 1 unspecified atom stereocenters. The molecular weight excluding hydrogens is 292 g/mol. The van der Waals surface area contributed by atoms with Crippen LogP contribution in [0.15, 0.2) is 18.2 Å². The summed E-state index contributed by atoms with van der Waals surface area (Å²) in [7, 11) is 0. The molecule has 3 aliphatic heterocycles. The van der Waals surface area contributed by atoms with E-state index in [-0.39, 0.29) is 12.0 Å². The molecule has 3 aliphatic rings. The molecule has 2 saturated heterocycles. The van der Waals surface area contributed by atoms with E-state index >= 15 is 0 Å². The van der Waals surface area contributed by atoms with E-state index < -0.39 is 0 Å². The SMILES string of the molecule is O=C(C1CCNCC1)N1CCCC1c1cccc2c1OCCO2.